The van der Waals surface area contributed by atoms with Gasteiger partial charge in [-0.05, 0) is 34.5 Å². The van der Waals surface area contributed by atoms with Crippen molar-refractivity contribution in [2.24, 2.45) is 0 Å². The largest absolute Gasteiger partial charge is 0.304 e. The summed E-state index contributed by atoms with van der Waals surface area (Å²) in [7, 11) is 1.37. The number of benzene rings is 1. The third kappa shape index (κ3) is 3.19. The van der Waals surface area contributed by atoms with Gasteiger partial charge in [0.1, 0.15) is 10.9 Å². The summed E-state index contributed by atoms with van der Waals surface area (Å²) in [6.07, 6.45) is -0.288. The van der Waals surface area contributed by atoms with Crippen LogP contribution in [0.5, 0.6) is 0 Å². The Hall–Kier alpha value is -1.19. The van der Waals surface area contributed by atoms with E-state index in [2.05, 4.69) is 15.9 Å². The lowest BCUT2D eigenvalue weighted by Gasteiger charge is -2.18. The normalized spacial score (nSPS) is 19.1. The Labute approximate surface area is 133 Å². The number of hydrogen-bond donors (Lipinski definition) is 0. The van der Waals surface area contributed by atoms with Crippen molar-refractivity contribution < 1.29 is 18.1 Å². The molecule has 0 aliphatic carbocycles. The van der Waals surface area contributed by atoms with E-state index in [1.165, 1.54) is 6.07 Å². The fraction of sp³-hybridized carbons (Fsp3) is 0.364. The summed E-state index contributed by atoms with van der Waals surface area (Å²) in [5.41, 5.74) is 0.437. The highest BCUT2D eigenvalue weighted by Gasteiger charge is 2.41. The molecule has 1 aromatic carbocycles. The highest BCUT2D eigenvalue weighted by atomic mass is 79.9. The van der Waals surface area contributed by atoms with E-state index in [-0.39, 0.29) is 24.3 Å². The zero-order chi connectivity index (χ0) is 15.9. The van der Waals surface area contributed by atoms with E-state index >= 15 is 0 Å². The van der Waals surface area contributed by atoms with E-state index in [0.717, 1.165) is 4.90 Å². The maximum atomic E-state index is 12.0. The topological polar surface area (TPSA) is 97.6 Å². The Morgan fingerprint density at radius 1 is 1.48 bits per heavy atom. The van der Waals surface area contributed by atoms with Crippen LogP contribution in [-0.2, 0) is 13.8 Å². The van der Waals surface area contributed by atoms with Crippen LogP contribution in [0.1, 0.15) is 12.0 Å². The van der Waals surface area contributed by atoms with Crippen LogP contribution in [0.2, 0.25) is 0 Å². The van der Waals surface area contributed by atoms with Gasteiger partial charge in [0.05, 0.1) is 4.92 Å². The Balaban J connectivity index is 2.53. The first-order chi connectivity index (χ1) is 9.61. The molecule has 0 aromatic heterocycles. The number of nitro benzene ring substituents is 1. The van der Waals surface area contributed by atoms with Crippen molar-refractivity contribution in [1.82, 2.24) is 0 Å². The van der Waals surface area contributed by atoms with Gasteiger partial charge in [-0.2, -0.15) is 0 Å². The number of anilines is 1. The molecule has 10 heteroatoms. The first-order valence-corrected chi connectivity index (χ1v) is 8.96. The number of nitrogens with zero attached hydrogens (tertiary/aromatic N) is 2. The summed E-state index contributed by atoms with van der Waals surface area (Å²) in [4.78, 5) is 23.7. The summed E-state index contributed by atoms with van der Waals surface area (Å²) < 4.78 is 23.1. The smallest absolute Gasteiger partial charge is 0.294 e. The highest BCUT2D eigenvalue weighted by molar-refractivity contribution is 9.10. The number of aryl methyl sites for hydroxylation is 1. The second kappa shape index (κ2) is 5.54. The van der Waals surface area contributed by atoms with E-state index in [9.17, 15) is 23.3 Å². The van der Waals surface area contributed by atoms with E-state index in [0.29, 0.717) is 10.0 Å². The molecule has 1 aliphatic rings. The quantitative estimate of drug-likeness (QED) is 0.443. The van der Waals surface area contributed by atoms with Crippen molar-refractivity contribution in [3.05, 3.63) is 32.3 Å². The third-order valence-electron chi connectivity index (χ3n) is 3.14. The molecular weight excluding hydrogens is 388 g/mol. The average molecular weight is 398 g/mol. The lowest BCUT2D eigenvalue weighted by atomic mass is 10.2. The maximum absolute atomic E-state index is 12.0. The number of rotatable bonds is 3. The predicted octanol–water partition coefficient (Wildman–Crippen LogP) is 2.34. The van der Waals surface area contributed by atoms with E-state index < -0.39 is 25.1 Å². The van der Waals surface area contributed by atoms with Crippen molar-refractivity contribution in [1.29, 1.82) is 0 Å². The fourth-order valence-electron chi connectivity index (χ4n) is 2.20. The highest BCUT2D eigenvalue weighted by Crippen LogP contribution is 2.40. The van der Waals surface area contributed by atoms with Gasteiger partial charge < -0.3 is 4.90 Å². The fourth-order valence-corrected chi connectivity index (χ4v) is 4.01. The second-order valence-electron chi connectivity index (χ2n) is 4.68. The number of carbonyl (C=O) groups excluding carboxylic acids is 1. The molecular formula is C11H10BrClN2O5S. The Kier molecular flexibility index (Phi) is 4.27. The van der Waals surface area contributed by atoms with Gasteiger partial charge in [-0.1, -0.05) is 0 Å². The van der Waals surface area contributed by atoms with Gasteiger partial charge in [-0.3, -0.25) is 14.9 Å². The van der Waals surface area contributed by atoms with Crippen LogP contribution in [0.25, 0.3) is 0 Å². The molecule has 0 radical (unpaired) electrons. The number of hydrogen-bond acceptors (Lipinski definition) is 5. The van der Waals surface area contributed by atoms with Crippen LogP contribution < -0.4 is 4.90 Å². The molecule has 0 spiro atoms. The Morgan fingerprint density at radius 2 is 2.10 bits per heavy atom. The predicted molar refractivity (Wildman–Crippen MR) is 81.1 cm³/mol. The summed E-state index contributed by atoms with van der Waals surface area (Å²) in [6.45, 7) is 1.48. The van der Waals surface area contributed by atoms with Gasteiger partial charge >= 0.3 is 0 Å². The van der Waals surface area contributed by atoms with E-state index in [1.807, 2.05) is 0 Å². The molecule has 21 heavy (non-hydrogen) atoms. The minimum atomic E-state index is -3.91. The molecule has 0 bridgehead atoms. The van der Waals surface area contributed by atoms with Crippen molar-refractivity contribution in [2.45, 2.75) is 18.6 Å². The van der Waals surface area contributed by atoms with Gasteiger partial charge in [-0.25, -0.2) is 8.42 Å². The van der Waals surface area contributed by atoms with Crippen molar-refractivity contribution >= 4 is 52.9 Å². The summed E-state index contributed by atoms with van der Waals surface area (Å²) in [6, 6.07) is 2.95. The Bertz CT molecular complexity index is 736. The van der Waals surface area contributed by atoms with Gasteiger partial charge in [0.2, 0.25) is 15.0 Å². The van der Waals surface area contributed by atoms with Gasteiger partial charge in [-0.15, -0.1) is 0 Å². The van der Waals surface area contributed by atoms with Gasteiger partial charge in [0.15, 0.2) is 0 Å². The average Bonchev–Trinajstić information content (AvgIpc) is 2.70. The van der Waals surface area contributed by atoms with Crippen molar-refractivity contribution in [3.8, 4) is 0 Å². The standard InChI is InChI=1S/C11H10BrClN2O5S/c1-6-2-8(12)11(9(3-6)15(17)18)14-5-7(4-10(14)16)21(13,19)20/h2-3,7H,4-5H2,1H3. The van der Waals surface area contributed by atoms with Crippen LogP contribution in [0, 0.1) is 17.0 Å². The minimum Gasteiger partial charge on any atom is -0.304 e. The van der Waals surface area contributed by atoms with Crippen LogP contribution in [0.4, 0.5) is 11.4 Å². The number of halogens is 2. The molecule has 0 N–H and O–H groups in total. The molecule has 0 saturated carbocycles. The number of amides is 1. The number of carbonyl (C=O) groups is 1. The first kappa shape index (κ1) is 16.2. The molecule has 1 amide bonds. The van der Waals surface area contributed by atoms with Crippen molar-refractivity contribution in [3.63, 3.8) is 0 Å². The molecule has 1 atom stereocenters. The maximum Gasteiger partial charge on any atom is 0.294 e. The van der Waals surface area contributed by atoms with Crippen LogP contribution in [0.3, 0.4) is 0 Å². The zero-order valence-corrected chi connectivity index (χ0v) is 13.9. The molecule has 1 heterocycles. The molecule has 1 fully saturated rings. The first-order valence-electron chi connectivity index (χ1n) is 5.79. The molecule has 7 nitrogen and oxygen atoms in total. The SMILES string of the molecule is Cc1cc(Br)c(N2CC(S(=O)(=O)Cl)CC2=O)c([N+](=O)[O-])c1. The molecule has 1 saturated heterocycles. The molecule has 114 valence electrons. The lowest BCUT2D eigenvalue weighted by Crippen LogP contribution is -2.27. The van der Waals surface area contributed by atoms with Crippen molar-refractivity contribution in [2.75, 3.05) is 11.4 Å². The van der Waals surface area contributed by atoms with Gasteiger partial charge in [0.25, 0.3) is 5.69 Å². The molecule has 1 unspecified atom stereocenters. The minimum absolute atomic E-state index is 0.0541. The van der Waals surface area contributed by atoms with Gasteiger partial charge in [0, 0.05) is 34.2 Å². The van der Waals surface area contributed by atoms with Crippen LogP contribution >= 0.6 is 26.6 Å². The Morgan fingerprint density at radius 3 is 2.57 bits per heavy atom. The molecule has 2 rings (SSSR count). The number of nitro groups is 1. The van der Waals surface area contributed by atoms with E-state index in [4.69, 9.17) is 10.7 Å². The lowest BCUT2D eigenvalue weighted by molar-refractivity contribution is -0.384. The summed E-state index contributed by atoms with van der Waals surface area (Å²) >= 11 is 3.19. The second-order valence-corrected chi connectivity index (χ2v) is 8.44. The molecule has 1 aromatic rings. The summed E-state index contributed by atoms with van der Waals surface area (Å²) in [5, 5.41) is 10.1. The van der Waals surface area contributed by atoms with Crippen LogP contribution in [-0.4, -0.2) is 31.0 Å². The third-order valence-corrected chi connectivity index (χ3v) is 5.61. The van der Waals surface area contributed by atoms with E-state index in [1.54, 1.807) is 13.0 Å². The zero-order valence-electron chi connectivity index (χ0n) is 10.7. The summed E-state index contributed by atoms with van der Waals surface area (Å²) in [5.74, 6) is -0.517. The molecule has 1 aliphatic heterocycles. The monoisotopic (exact) mass is 396 g/mol. The van der Waals surface area contributed by atoms with Crippen LogP contribution in [0.15, 0.2) is 16.6 Å².